The van der Waals surface area contributed by atoms with Gasteiger partial charge in [0.25, 0.3) is 5.91 Å². The SMILES string of the molecule is COc1c(CC(N)=O)cc([C@@](O)(CNC(=O)c2cc(OC)c3nn(C4CC4)cc3c2)C(F)(F)F)nc1-c1ccc(F)cc1. The Morgan fingerprint density at radius 3 is 2.40 bits per heavy atom. The van der Waals surface area contributed by atoms with Crippen molar-refractivity contribution in [3.05, 3.63) is 71.3 Å². The maximum atomic E-state index is 14.6. The third-order valence-electron chi connectivity index (χ3n) is 7.13. The number of nitrogens with one attached hydrogen (secondary N) is 1. The molecular formula is C29H27F4N5O5. The fraction of sp³-hybridized carbons (Fsp3) is 0.310. The largest absolute Gasteiger partial charge is 0.494 e. The summed E-state index contributed by atoms with van der Waals surface area (Å²) < 4.78 is 69.8. The maximum Gasteiger partial charge on any atom is 0.424 e. The number of methoxy groups -OCH3 is 2. The van der Waals surface area contributed by atoms with Crippen molar-refractivity contribution in [1.29, 1.82) is 0 Å². The number of fused-ring (bicyclic) bond motifs is 1. The Kier molecular flexibility index (Phi) is 7.73. The summed E-state index contributed by atoms with van der Waals surface area (Å²) in [6.07, 6.45) is -2.25. The van der Waals surface area contributed by atoms with E-state index in [1.807, 2.05) is 0 Å². The van der Waals surface area contributed by atoms with Crippen molar-refractivity contribution in [3.63, 3.8) is 0 Å². The van der Waals surface area contributed by atoms with E-state index in [1.165, 1.54) is 38.5 Å². The second-order valence-electron chi connectivity index (χ2n) is 10.2. The first kappa shape index (κ1) is 29.8. The number of amides is 2. The fourth-order valence-electron chi connectivity index (χ4n) is 4.73. The molecule has 1 atom stereocenters. The van der Waals surface area contributed by atoms with Crippen molar-refractivity contribution in [2.75, 3.05) is 20.8 Å². The van der Waals surface area contributed by atoms with Crippen LogP contribution in [0.15, 0.2) is 48.7 Å². The lowest BCUT2D eigenvalue weighted by Gasteiger charge is -2.31. The number of hydrogen-bond acceptors (Lipinski definition) is 7. The van der Waals surface area contributed by atoms with Gasteiger partial charge in [-0.2, -0.15) is 18.3 Å². The van der Waals surface area contributed by atoms with Crippen LogP contribution in [0.25, 0.3) is 22.2 Å². The zero-order valence-corrected chi connectivity index (χ0v) is 23.0. The molecule has 1 fully saturated rings. The van der Waals surface area contributed by atoms with Crippen LogP contribution in [0.2, 0.25) is 0 Å². The Balaban J connectivity index is 1.53. The number of ether oxygens (including phenoxy) is 2. The summed E-state index contributed by atoms with van der Waals surface area (Å²) in [7, 11) is 2.59. The van der Waals surface area contributed by atoms with E-state index in [-0.39, 0.29) is 39.9 Å². The number of aliphatic hydroxyl groups is 1. The van der Waals surface area contributed by atoms with Crippen molar-refractivity contribution < 1.29 is 41.7 Å². The maximum absolute atomic E-state index is 14.6. The van der Waals surface area contributed by atoms with Crippen molar-refractivity contribution in [2.24, 2.45) is 5.73 Å². The molecule has 4 N–H and O–H groups in total. The summed E-state index contributed by atoms with van der Waals surface area (Å²) >= 11 is 0. The third-order valence-corrected chi connectivity index (χ3v) is 7.13. The van der Waals surface area contributed by atoms with Gasteiger partial charge in [-0.05, 0) is 55.3 Å². The first-order valence-corrected chi connectivity index (χ1v) is 13.1. The Bertz CT molecular complexity index is 1700. The van der Waals surface area contributed by atoms with E-state index >= 15 is 0 Å². The molecule has 1 saturated carbocycles. The summed E-state index contributed by atoms with van der Waals surface area (Å²) in [4.78, 5) is 29.0. The number of hydrogen-bond donors (Lipinski definition) is 3. The molecule has 2 heterocycles. The first-order chi connectivity index (χ1) is 20.3. The quantitative estimate of drug-likeness (QED) is 0.235. The van der Waals surface area contributed by atoms with E-state index in [2.05, 4.69) is 15.4 Å². The fourth-order valence-corrected chi connectivity index (χ4v) is 4.73. The molecule has 43 heavy (non-hydrogen) atoms. The number of pyridine rings is 1. The lowest BCUT2D eigenvalue weighted by molar-refractivity contribution is -0.265. The summed E-state index contributed by atoms with van der Waals surface area (Å²) in [5.74, 6) is -2.26. The Labute approximate surface area is 242 Å². The number of benzene rings is 2. The number of primary amides is 1. The van der Waals surface area contributed by atoms with Gasteiger partial charge >= 0.3 is 6.18 Å². The average molecular weight is 602 g/mol. The van der Waals surface area contributed by atoms with Gasteiger partial charge in [0.1, 0.15) is 28.5 Å². The molecule has 10 nitrogen and oxygen atoms in total. The smallest absolute Gasteiger partial charge is 0.424 e. The number of halogens is 4. The van der Waals surface area contributed by atoms with Gasteiger partial charge in [0.2, 0.25) is 11.5 Å². The van der Waals surface area contributed by atoms with Crippen LogP contribution in [0.3, 0.4) is 0 Å². The molecule has 4 aromatic rings. The molecule has 0 saturated heterocycles. The zero-order valence-electron chi connectivity index (χ0n) is 23.0. The van der Waals surface area contributed by atoms with Gasteiger partial charge in [0.05, 0.1) is 38.9 Å². The zero-order chi connectivity index (χ0) is 31.1. The van der Waals surface area contributed by atoms with Gasteiger partial charge in [0.15, 0.2) is 0 Å². The van der Waals surface area contributed by atoms with Crippen LogP contribution >= 0.6 is 0 Å². The minimum absolute atomic E-state index is 0.0201. The molecule has 0 bridgehead atoms. The highest BCUT2D eigenvalue weighted by molar-refractivity contribution is 6.00. The highest BCUT2D eigenvalue weighted by Gasteiger charge is 2.56. The molecule has 2 amide bonds. The highest BCUT2D eigenvalue weighted by atomic mass is 19.4. The van der Waals surface area contributed by atoms with Crippen LogP contribution in [0.5, 0.6) is 11.5 Å². The molecule has 2 aromatic heterocycles. The summed E-state index contributed by atoms with van der Waals surface area (Å²) in [5.41, 5.74) is 0.990. The molecule has 1 aliphatic rings. The second kappa shape index (κ2) is 11.2. The van der Waals surface area contributed by atoms with Crippen molar-refractivity contribution >= 4 is 22.7 Å². The number of alkyl halides is 3. The molecule has 0 radical (unpaired) electrons. The lowest BCUT2D eigenvalue weighted by Crippen LogP contribution is -2.51. The number of nitrogens with two attached hydrogens (primary N) is 1. The summed E-state index contributed by atoms with van der Waals surface area (Å²) in [6.45, 7) is -1.34. The molecule has 0 aliphatic heterocycles. The number of aromatic nitrogens is 3. The van der Waals surface area contributed by atoms with Crippen LogP contribution in [0.4, 0.5) is 17.6 Å². The first-order valence-electron chi connectivity index (χ1n) is 13.1. The van der Waals surface area contributed by atoms with Crippen molar-refractivity contribution in [3.8, 4) is 22.8 Å². The lowest BCUT2D eigenvalue weighted by atomic mass is 9.93. The predicted molar refractivity (Wildman–Crippen MR) is 146 cm³/mol. The van der Waals surface area contributed by atoms with E-state index in [0.29, 0.717) is 10.9 Å². The minimum Gasteiger partial charge on any atom is -0.494 e. The van der Waals surface area contributed by atoms with E-state index in [4.69, 9.17) is 15.2 Å². The van der Waals surface area contributed by atoms with E-state index in [1.54, 1.807) is 10.9 Å². The van der Waals surface area contributed by atoms with Gasteiger partial charge in [-0.15, -0.1) is 0 Å². The van der Waals surface area contributed by atoms with Crippen LogP contribution in [0, 0.1) is 5.82 Å². The van der Waals surface area contributed by atoms with Gasteiger partial charge in [-0.1, -0.05) is 0 Å². The normalized spacial score (nSPS) is 14.8. The van der Waals surface area contributed by atoms with E-state index in [9.17, 15) is 32.3 Å². The Morgan fingerprint density at radius 1 is 1.12 bits per heavy atom. The Hall–Kier alpha value is -4.72. The van der Waals surface area contributed by atoms with Crippen LogP contribution in [0.1, 0.15) is 40.5 Å². The van der Waals surface area contributed by atoms with Gasteiger partial charge in [0, 0.05) is 28.3 Å². The average Bonchev–Trinajstić information content (AvgIpc) is 3.72. The summed E-state index contributed by atoms with van der Waals surface area (Å²) in [5, 5.41) is 18.3. The molecular weight excluding hydrogens is 574 g/mol. The monoisotopic (exact) mass is 601 g/mol. The van der Waals surface area contributed by atoms with Crippen molar-refractivity contribution in [1.82, 2.24) is 20.1 Å². The molecule has 226 valence electrons. The van der Waals surface area contributed by atoms with Crippen LogP contribution in [-0.2, 0) is 16.8 Å². The third kappa shape index (κ3) is 5.82. The topological polar surface area (TPSA) is 142 Å². The van der Waals surface area contributed by atoms with Crippen molar-refractivity contribution in [2.45, 2.75) is 37.1 Å². The van der Waals surface area contributed by atoms with Crippen LogP contribution in [-0.4, -0.2) is 58.6 Å². The Morgan fingerprint density at radius 2 is 1.81 bits per heavy atom. The summed E-state index contributed by atoms with van der Waals surface area (Å²) in [6, 6.07) is 8.53. The van der Waals surface area contributed by atoms with Crippen LogP contribution < -0.4 is 20.5 Å². The number of carbonyl (C=O) groups is 2. The number of rotatable bonds is 10. The van der Waals surface area contributed by atoms with Gasteiger partial charge < -0.3 is 25.6 Å². The molecule has 5 rings (SSSR count). The molecule has 1 aliphatic carbocycles. The molecule has 14 heteroatoms. The van der Waals surface area contributed by atoms with E-state index < -0.39 is 48.1 Å². The number of nitrogens with zero attached hydrogens (tertiary/aromatic N) is 3. The van der Waals surface area contributed by atoms with Gasteiger partial charge in [-0.3, -0.25) is 14.3 Å². The second-order valence-corrected chi connectivity index (χ2v) is 10.2. The van der Waals surface area contributed by atoms with Gasteiger partial charge in [-0.25, -0.2) is 9.37 Å². The molecule has 0 spiro atoms. The standard InChI is InChI=1S/C29H27F4N5O5/c1-42-21-10-17(9-18-13-38(20-7-8-20)37-24(18)21)27(40)35-14-28(41,29(31,32)33)22-11-16(12-23(34)39)26(43-2)25(36-22)15-3-5-19(30)6-4-15/h3-6,9-11,13,20,41H,7-8,12,14H2,1-2H3,(H2,34,39)(H,35,40)/t28-/m0/s1. The predicted octanol–water partition coefficient (Wildman–Crippen LogP) is 3.80. The number of carbonyl (C=O) groups excluding carboxylic acids is 2. The molecule has 2 aromatic carbocycles. The van der Waals surface area contributed by atoms with E-state index in [0.717, 1.165) is 31.0 Å². The minimum atomic E-state index is -5.35. The molecule has 0 unspecified atom stereocenters. The highest BCUT2D eigenvalue weighted by Crippen LogP contribution is 2.42.